The molecular weight excluding hydrogens is 216 g/mol. The number of urea groups is 1. The lowest BCUT2D eigenvalue weighted by Gasteiger charge is -2.20. The average Bonchev–Trinajstić information content (AvgIpc) is 2.18. The smallest absolute Gasteiger partial charge is 0.317 e. The van der Waals surface area contributed by atoms with Crippen molar-refractivity contribution in [2.75, 3.05) is 6.73 Å². The van der Waals surface area contributed by atoms with Crippen molar-refractivity contribution >= 4 is 6.03 Å². The number of benzene rings is 1. The van der Waals surface area contributed by atoms with Gasteiger partial charge in [0.15, 0.2) is 6.73 Å². The molecule has 0 atom stereocenters. The molecule has 0 saturated heterocycles. The van der Waals surface area contributed by atoms with Crippen LogP contribution >= 0.6 is 0 Å². The first kappa shape index (κ1) is 13.4. The Morgan fingerprint density at radius 3 is 2.35 bits per heavy atom. The van der Waals surface area contributed by atoms with Gasteiger partial charge in [-0.25, -0.2) is 4.79 Å². The molecule has 1 rings (SSSR count). The lowest BCUT2D eigenvalue weighted by Crippen LogP contribution is -2.47. The summed E-state index contributed by atoms with van der Waals surface area (Å²) in [4.78, 5) is 11.4. The van der Waals surface area contributed by atoms with Crippen LogP contribution in [-0.2, 0) is 0 Å². The summed E-state index contributed by atoms with van der Waals surface area (Å²) in [7, 11) is 0. The highest BCUT2D eigenvalue weighted by Gasteiger charge is 2.12. The molecule has 4 heteroatoms. The molecule has 0 aliphatic carbocycles. The van der Waals surface area contributed by atoms with Crippen molar-refractivity contribution < 1.29 is 9.53 Å². The van der Waals surface area contributed by atoms with Crippen molar-refractivity contribution in [3.05, 3.63) is 29.8 Å². The summed E-state index contributed by atoms with van der Waals surface area (Å²) in [6, 6.07) is 7.44. The summed E-state index contributed by atoms with van der Waals surface area (Å²) in [6.45, 7) is 7.94. The van der Waals surface area contributed by atoms with Crippen LogP contribution < -0.4 is 15.4 Å². The minimum absolute atomic E-state index is 0.158. The van der Waals surface area contributed by atoms with E-state index in [-0.39, 0.29) is 18.3 Å². The molecule has 1 aromatic carbocycles. The fourth-order valence-electron chi connectivity index (χ4n) is 1.20. The van der Waals surface area contributed by atoms with Gasteiger partial charge in [0.1, 0.15) is 5.75 Å². The number of amides is 2. The maximum atomic E-state index is 11.4. The number of hydrogen-bond donors (Lipinski definition) is 2. The molecule has 2 amide bonds. The van der Waals surface area contributed by atoms with Crippen LogP contribution in [0.1, 0.15) is 26.3 Å². The second kappa shape index (κ2) is 5.57. The lowest BCUT2D eigenvalue weighted by atomic mass is 10.1. The van der Waals surface area contributed by atoms with Gasteiger partial charge in [-0.1, -0.05) is 17.7 Å². The van der Waals surface area contributed by atoms with Gasteiger partial charge in [0.05, 0.1) is 0 Å². The third kappa shape index (κ3) is 5.80. The third-order valence-corrected chi connectivity index (χ3v) is 1.98. The minimum Gasteiger partial charge on any atom is -0.473 e. The van der Waals surface area contributed by atoms with Crippen LogP contribution in [0.25, 0.3) is 0 Å². The van der Waals surface area contributed by atoms with Crippen LogP contribution in [0.4, 0.5) is 4.79 Å². The number of rotatable bonds is 3. The zero-order chi connectivity index (χ0) is 12.9. The summed E-state index contributed by atoms with van der Waals surface area (Å²) in [6.07, 6.45) is 0. The zero-order valence-electron chi connectivity index (χ0n) is 10.8. The molecule has 94 valence electrons. The molecule has 0 aliphatic heterocycles. The number of carbonyl (C=O) groups excluding carboxylic acids is 1. The largest absolute Gasteiger partial charge is 0.473 e. The van der Waals surface area contributed by atoms with Gasteiger partial charge in [0, 0.05) is 5.54 Å². The number of ether oxygens (including phenoxy) is 1. The topological polar surface area (TPSA) is 50.4 Å². The quantitative estimate of drug-likeness (QED) is 0.792. The van der Waals surface area contributed by atoms with Crippen LogP contribution in [0.15, 0.2) is 24.3 Å². The molecule has 0 aliphatic rings. The Bertz CT molecular complexity index is 366. The molecule has 0 fully saturated rings. The van der Waals surface area contributed by atoms with Crippen LogP contribution in [0.5, 0.6) is 5.75 Å². The van der Waals surface area contributed by atoms with Crippen molar-refractivity contribution in [2.24, 2.45) is 0 Å². The Morgan fingerprint density at radius 2 is 1.82 bits per heavy atom. The Kier molecular flexibility index (Phi) is 4.37. The zero-order valence-corrected chi connectivity index (χ0v) is 10.8. The normalized spacial score (nSPS) is 10.8. The molecule has 0 saturated carbocycles. The summed E-state index contributed by atoms with van der Waals surface area (Å²) < 4.78 is 5.37. The van der Waals surface area contributed by atoms with Gasteiger partial charge >= 0.3 is 6.03 Å². The van der Waals surface area contributed by atoms with E-state index in [9.17, 15) is 4.79 Å². The summed E-state index contributed by atoms with van der Waals surface area (Å²) >= 11 is 0. The average molecular weight is 236 g/mol. The van der Waals surface area contributed by atoms with Crippen LogP contribution in [0, 0.1) is 6.92 Å². The van der Waals surface area contributed by atoms with Gasteiger partial charge in [0.2, 0.25) is 0 Å². The molecule has 0 heterocycles. The summed E-state index contributed by atoms with van der Waals surface area (Å²) in [5.41, 5.74) is 0.935. The van der Waals surface area contributed by atoms with E-state index in [0.717, 1.165) is 5.75 Å². The van der Waals surface area contributed by atoms with E-state index in [4.69, 9.17) is 4.74 Å². The van der Waals surface area contributed by atoms with Gasteiger partial charge in [-0.05, 0) is 39.8 Å². The van der Waals surface area contributed by atoms with Gasteiger partial charge in [-0.3, -0.25) is 0 Å². The van der Waals surface area contributed by atoms with Gasteiger partial charge < -0.3 is 15.4 Å². The highest BCUT2D eigenvalue weighted by Crippen LogP contribution is 2.10. The van der Waals surface area contributed by atoms with Crippen LogP contribution in [-0.4, -0.2) is 18.3 Å². The predicted molar refractivity (Wildman–Crippen MR) is 68.1 cm³/mol. The lowest BCUT2D eigenvalue weighted by molar-refractivity contribution is 0.216. The molecule has 4 nitrogen and oxygen atoms in total. The number of hydrogen-bond acceptors (Lipinski definition) is 2. The standard InChI is InChI=1S/C13H20N2O2/c1-10-5-7-11(8-6-10)17-9-14-12(16)15-13(2,3)4/h5-8H,9H2,1-4H3,(H2,14,15,16). The third-order valence-electron chi connectivity index (χ3n) is 1.98. The summed E-state index contributed by atoms with van der Waals surface area (Å²) in [5, 5.41) is 5.41. The van der Waals surface area contributed by atoms with Crippen LogP contribution in [0.2, 0.25) is 0 Å². The molecular formula is C13H20N2O2. The highest BCUT2D eigenvalue weighted by atomic mass is 16.5. The van der Waals surface area contributed by atoms with Gasteiger partial charge in [-0.15, -0.1) is 0 Å². The Balaban J connectivity index is 2.28. The van der Waals surface area contributed by atoms with Crippen molar-refractivity contribution in [3.63, 3.8) is 0 Å². The number of carbonyl (C=O) groups is 1. The second-order valence-electron chi connectivity index (χ2n) is 4.98. The first-order valence-corrected chi connectivity index (χ1v) is 5.62. The minimum atomic E-state index is -0.242. The predicted octanol–water partition coefficient (Wildman–Crippen LogP) is 2.43. The van der Waals surface area contributed by atoms with E-state index < -0.39 is 0 Å². The second-order valence-corrected chi connectivity index (χ2v) is 4.98. The fourth-order valence-corrected chi connectivity index (χ4v) is 1.20. The van der Waals surface area contributed by atoms with E-state index in [1.54, 1.807) is 0 Å². The molecule has 0 radical (unpaired) electrons. The Morgan fingerprint density at radius 1 is 1.24 bits per heavy atom. The first-order valence-electron chi connectivity index (χ1n) is 5.62. The molecule has 0 aromatic heterocycles. The Hall–Kier alpha value is -1.71. The van der Waals surface area contributed by atoms with Crippen molar-refractivity contribution in [2.45, 2.75) is 33.2 Å². The molecule has 2 N–H and O–H groups in total. The number of aryl methyl sites for hydroxylation is 1. The summed E-state index contributed by atoms with van der Waals surface area (Å²) in [5.74, 6) is 0.742. The number of nitrogens with one attached hydrogen (secondary N) is 2. The SMILES string of the molecule is Cc1ccc(OCNC(=O)NC(C)(C)C)cc1. The van der Waals surface area contributed by atoms with E-state index >= 15 is 0 Å². The van der Waals surface area contributed by atoms with Crippen molar-refractivity contribution in [1.29, 1.82) is 0 Å². The van der Waals surface area contributed by atoms with E-state index in [0.29, 0.717) is 0 Å². The van der Waals surface area contributed by atoms with E-state index in [1.807, 2.05) is 52.0 Å². The molecule has 0 unspecified atom stereocenters. The molecule has 17 heavy (non-hydrogen) atoms. The van der Waals surface area contributed by atoms with E-state index in [1.165, 1.54) is 5.56 Å². The molecule has 0 bridgehead atoms. The van der Waals surface area contributed by atoms with Crippen molar-refractivity contribution in [3.8, 4) is 5.75 Å². The Labute approximate surface area is 102 Å². The first-order chi connectivity index (χ1) is 7.87. The van der Waals surface area contributed by atoms with Gasteiger partial charge in [-0.2, -0.15) is 0 Å². The maximum Gasteiger partial charge on any atom is 0.317 e. The monoisotopic (exact) mass is 236 g/mol. The molecule has 1 aromatic rings. The molecule has 0 spiro atoms. The van der Waals surface area contributed by atoms with Crippen LogP contribution in [0.3, 0.4) is 0 Å². The fraction of sp³-hybridized carbons (Fsp3) is 0.462. The maximum absolute atomic E-state index is 11.4. The van der Waals surface area contributed by atoms with E-state index in [2.05, 4.69) is 10.6 Å². The van der Waals surface area contributed by atoms with Crippen molar-refractivity contribution in [1.82, 2.24) is 10.6 Å². The highest BCUT2D eigenvalue weighted by molar-refractivity contribution is 5.74. The van der Waals surface area contributed by atoms with Gasteiger partial charge in [0.25, 0.3) is 0 Å².